The zero-order valence-corrected chi connectivity index (χ0v) is 16.6. The highest BCUT2D eigenvalue weighted by Gasteiger charge is 2.19. The number of rotatable bonds is 8. The first kappa shape index (κ1) is 20.3. The molecular formula is C24H20FN3O3. The smallest absolute Gasteiger partial charge is 0.226 e. The second-order valence-corrected chi connectivity index (χ2v) is 7.07. The topological polar surface area (TPSA) is 92.0 Å². The summed E-state index contributed by atoms with van der Waals surface area (Å²) in [5.74, 6) is -0.321. The van der Waals surface area contributed by atoms with E-state index in [1.807, 2.05) is 30.3 Å². The molecule has 0 aliphatic rings. The van der Waals surface area contributed by atoms with Gasteiger partial charge in [0.15, 0.2) is 5.82 Å². The largest absolute Gasteiger partial charge is 0.507 e. The molecule has 0 unspecified atom stereocenters. The monoisotopic (exact) mass is 417 g/mol. The van der Waals surface area contributed by atoms with Gasteiger partial charge in [0.25, 0.3) is 0 Å². The molecule has 2 N–H and O–H groups in total. The van der Waals surface area contributed by atoms with E-state index in [-0.39, 0.29) is 17.4 Å². The van der Waals surface area contributed by atoms with E-state index in [9.17, 15) is 14.3 Å². The SMILES string of the molecule is O=C(C=C(O)c1coc(CCc2ccccc2)c1Cc1ccc(F)cc1)c1ncn[nH]1. The van der Waals surface area contributed by atoms with Crippen LogP contribution in [-0.2, 0) is 19.3 Å². The third-order valence-electron chi connectivity index (χ3n) is 4.95. The fourth-order valence-corrected chi connectivity index (χ4v) is 3.34. The summed E-state index contributed by atoms with van der Waals surface area (Å²) in [4.78, 5) is 16.1. The van der Waals surface area contributed by atoms with Crippen molar-refractivity contribution in [3.8, 4) is 0 Å². The molecule has 156 valence electrons. The average molecular weight is 417 g/mol. The predicted molar refractivity (Wildman–Crippen MR) is 113 cm³/mol. The Morgan fingerprint density at radius 2 is 1.84 bits per heavy atom. The summed E-state index contributed by atoms with van der Waals surface area (Å²) < 4.78 is 19.1. The summed E-state index contributed by atoms with van der Waals surface area (Å²) in [6.07, 6.45) is 5.54. The predicted octanol–water partition coefficient (Wildman–Crippen LogP) is 4.69. The minimum atomic E-state index is -0.505. The first-order valence-corrected chi connectivity index (χ1v) is 9.78. The first-order valence-electron chi connectivity index (χ1n) is 9.78. The highest BCUT2D eigenvalue weighted by Crippen LogP contribution is 2.27. The summed E-state index contributed by atoms with van der Waals surface area (Å²) in [5, 5.41) is 16.8. The summed E-state index contributed by atoms with van der Waals surface area (Å²) in [5.41, 5.74) is 3.19. The summed E-state index contributed by atoms with van der Waals surface area (Å²) >= 11 is 0. The molecule has 4 aromatic rings. The molecule has 2 heterocycles. The van der Waals surface area contributed by atoms with Crippen LogP contribution in [-0.4, -0.2) is 26.1 Å². The van der Waals surface area contributed by atoms with Crippen LogP contribution in [0, 0.1) is 5.82 Å². The maximum absolute atomic E-state index is 13.3. The lowest BCUT2D eigenvalue weighted by molar-refractivity contribution is 0.103. The van der Waals surface area contributed by atoms with Crippen LogP contribution in [0.2, 0.25) is 0 Å². The van der Waals surface area contributed by atoms with Gasteiger partial charge in [-0.25, -0.2) is 9.37 Å². The number of hydrogen-bond donors (Lipinski definition) is 2. The summed E-state index contributed by atoms with van der Waals surface area (Å²) in [6, 6.07) is 16.2. The van der Waals surface area contributed by atoms with E-state index in [1.165, 1.54) is 24.7 Å². The van der Waals surface area contributed by atoms with Crippen LogP contribution in [0.15, 0.2) is 77.7 Å². The van der Waals surface area contributed by atoms with Crippen molar-refractivity contribution in [2.75, 3.05) is 0 Å². The maximum Gasteiger partial charge on any atom is 0.226 e. The number of ketones is 1. The highest BCUT2D eigenvalue weighted by atomic mass is 19.1. The maximum atomic E-state index is 13.3. The number of nitrogens with zero attached hydrogens (tertiary/aromatic N) is 2. The standard InChI is InChI=1S/C24H20FN3O3/c25-18-9-6-17(7-10-18)12-19-20(21(29)13-22(30)24-26-15-27-28-24)14-31-23(19)11-8-16-4-2-1-3-5-16/h1-7,9-10,13-15,29H,8,11-12H2,(H,26,27,28). The van der Waals surface area contributed by atoms with Gasteiger partial charge in [0.05, 0.1) is 5.56 Å². The fourth-order valence-electron chi connectivity index (χ4n) is 3.34. The molecule has 0 radical (unpaired) electrons. The normalized spacial score (nSPS) is 11.6. The second kappa shape index (κ2) is 9.21. The number of aryl methyl sites for hydroxylation is 2. The molecular weight excluding hydrogens is 397 g/mol. The number of hydrogen-bond acceptors (Lipinski definition) is 5. The first-order chi connectivity index (χ1) is 15.1. The van der Waals surface area contributed by atoms with Gasteiger partial charge in [0, 0.05) is 24.5 Å². The number of carbonyl (C=O) groups excluding carboxylic acids is 1. The molecule has 2 aromatic carbocycles. The van der Waals surface area contributed by atoms with E-state index in [0.29, 0.717) is 24.2 Å². The van der Waals surface area contributed by atoms with Gasteiger partial charge in [-0.2, -0.15) is 5.10 Å². The molecule has 0 aliphatic heterocycles. The van der Waals surface area contributed by atoms with Crippen molar-refractivity contribution < 1.29 is 18.7 Å². The van der Waals surface area contributed by atoms with Crippen LogP contribution in [0.1, 0.15) is 38.6 Å². The Balaban J connectivity index is 1.64. The number of aliphatic hydroxyl groups is 1. The van der Waals surface area contributed by atoms with Crippen LogP contribution < -0.4 is 0 Å². The molecule has 6 nitrogen and oxygen atoms in total. The summed E-state index contributed by atoms with van der Waals surface area (Å²) in [6.45, 7) is 0. The lowest BCUT2D eigenvalue weighted by Gasteiger charge is -2.07. The lowest BCUT2D eigenvalue weighted by Crippen LogP contribution is -2.02. The number of H-pyrrole nitrogens is 1. The third kappa shape index (κ3) is 4.95. The quantitative estimate of drug-likeness (QED) is 0.246. The highest BCUT2D eigenvalue weighted by molar-refractivity contribution is 6.05. The Morgan fingerprint density at radius 3 is 2.55 bits per heavy atom. The van der Waals surface area contributed by atoms with E-state index in [1.54, 1.807) is 12.1 Å². The number of allylic oxidation sites excluding steroid dienone is 1. The van der Waals surface area contributed by atoms with Gasteiger partial charge in [0.1, 0.15) is 29.9 Å². The molecule has 0 saturated carbocycles. The van der Waals surface area contributed by atoms with Crippen LogP contribution in [0.25, 0.3) is 5.76 Å². The minimum Gasteiger partial charge on any atom is -0.507 e. The van der Waals surface area contributed by atoms with Gasteiger partial charge in [-0.15, -0.1) is 0 Å². The number of aromatic amines is 1. The van der Waals surface area contributed by atoms with Crippen LogP contribution >= 0.6 is 0 Å². The molecule has 0 amide bonds. The van der Waals surface area contributed by atoms with Crippen molar-refractivity contribution in [1.29, 1.82) is 0 Å². The van der Waals surface area contributed by atoms with Crippen molar-refractivity contribution >= 4 is 11.5 Å². The van der Waals surface area contributed by atoms with E-state index in [2.05, 4.69) is 15.2 Å². The van der Waals surface area contributed by atoms with Crippen molar-refractivity contribution in [3.63, 3.8) is 0 Å². The van der Waals surface area contributed by atoms with Crippen LogP contribution in [0.3, 0.4) is 0 Å². The molecule has 0 bridgehead atoms. The number of benzene rings is 2. The number of aromatic nitrogens is 3. The van der Waals surface area contributed by atoms with Gasteiger partial charge in [-0.1, -0.05) is 42.5 Å². The van der Waals surface area contributed by atoms with E-state index < -0.39 is 5.78 Å². The van der Waals surface area contributed by atoms with E-state index in [0.717, 1.165) is 29.2 Å². The number of furan rings is 1. The van der Waals surface area contributed by atoms with Crippen molar-refractivity contribution in [2.24, 2.45) is 0 Å². The Hall–Kier alpha value is -4.00. The van der Waals surface area contributed by atoms with Crippen molar-refractivity contribution in [1.82, 2.24) is 15.2 Å². The molecule has 0 aliphatic carbocycles. The van der Waals surface area contributed by atoms with Gasteiger partial charge in [-0.05, 0) is 29.7 Å². The van der Waals surface area contributed by atoms with Gasteiger partial charge >= 0.3 is 0 Å². The number of nitrogens with one attached hydrogen (secondary N) is 1. The summed E-state index contributed by atoms with van der Waals surface area (Å²) in [7, 11) is 0. The minimum absolute atomic E-state index is 0.0273. The Morgan fingerprint density at radius 1 is 1.06 bits per heavy atom. The van der Waals surface area contributed by atoms with Crippen molar-refractivity contribution in [3.05, 3.63) is 113 Å². The second-order valence-electron chi connectivity index (χ2n) is 7.07. The molecule has 0 atom stereocenters. The Kier molecular flexibility index (Phi) is 6.03. The van der Waals surface area contributed by atoms with E-state index >= 15 is 0 Å². The third-order valence-corrected chi connectivity index (χ3v) is 4.95. The molecule has 0 saturated heterocycles. The fraction of sp³-hybridized carbons (Fsp3) is 0.125. The van der Waals surface area contributed by atoms with Gasteiger partial charge in [-0.3, -0.25) is 9.89 Å². The molecule has 0 fully saturated rings. The van der Waals surface area contributed by atoms with Crippen molar-refractivity contribution in [2.45, 2.75) is 19.3 Å². The van der Waals surface area contributed by atoms with Crippen LogP contribution in [0.4, 0.5) is 4.39 Å². The van der Waals surface area contributed by atoms with E-state index in [4.69, 9.17) is 4.42 Å². The number of aliphatic hydroxyl groups excluding tert-OH is 1. The molecule has 31 heavy (non-hydrogen) atoms. The zero-order valence-electron chi connectivity index (χ0n) is 16.6. The van der Waals surface area contributed by atoms with Gasteiger partial charge in [0.2, 0.25) is 5.78 Å². The molecule has 2 aromatic heterocycles. The molecule has 4 rings (SSSR count). The lowest BCUT2D eigenvalue weighted by atomic mass is 9.97. The number of carbonyl (C=O) groups is 1. The Labute approximate surface area is 178 Å². The van der Waals surface area contributed by atoms with Gasteiger partial charge < -0.3 is 9.52 Å². The van der Waals surface area contributed by atoms with Crippen LogP contribution in [0.5, 0.6) is 0 Å². The molecule has 0 spiro atoms. The zero-order chi connectivity index (χ0) is 21.6. The Bertz CT molecular complexity index is 1180. The molecule has 7 heteroatoms. The number of halogens is 1. The average Bonchev–Trinajstić information content (AvgIpc) is 3.45.